The van der Waals surface area contributed by atoms with Crippen molar-refractivity contribution in [3.05, 3.63) is 46.5 Å². The first-order valence-corrected chi connectivity index (χ1v) is 8.59. The van der Waals surface area contributed by atoms with Crippen molar-refractivity contribution in [1.29, 1.82) is 0 Å². The van der Waals surface area contributed by atoms with E-state index in [1.165, 1.54) is 5.56 Å². The number of cyclic esters (lactones) is 1. The first-order valence-electron chi connectivity index (χ1n) is 8.59. The monoisotopic (exact) mass is 353 g/mol. The van der Waals surface area contributed by atoms with Crippen molar-refractivity contribution in [2.45, 2.75) is 18.6 Å². The Hall–Kier alpha value is -2.93. The summed E-state index contributed by atoms with van der Waals surface area (Å²) >= 11 is 0. The van der Waals surface area contributed by atoms with E-state index < -0.39 is 6.10 Å². The summed E-state index contributed by atoms with van der Waals surface area (Å²) in [6.07, 6.45) is 0.461. The summed E-state index contributed by atoms with van der Waals surface area (Å²) in [5.41, 5.74) is 3.55. The lowest BCUT2D eigenvalue weighted by molar-refractivity contribution is 0.0284. The van der Waals surface area contributed by atoms with Crippen molar-refractivity contribution >= 4 is 5.97 Å². The summed E-state index contributed by atoms with van der Waals surface area (Å²) in [7, 11) is 0. The lowest BCUT2D eigenvalue weighted by atomic mass is 9.87. The molecule has 6 rings (SSSR count). The predicted octanol–water partition coefficient (Wildman–Crippen LogP) is 2.24. The molecular weight excluding hydrogens is 338 g/mol. The molecule has 0 bridgehead atoms. The maximum atomic E-state index is 12.5. The molecule has 1 N–H and O–H groups in total. The average molecular weight is 353 g/mol. The number of carbonyl (C=O) groups excluding carboxylic acids is 1. The fraction of sp³-hybridized carbons (Fsp3) is 0.316. The van der Waals surface area contributed by atoms with E-state index >= 15 is 0 Å². The first kappa shape index (κ1) is 14.3. The van der Waals surface area contributed by atoms with Crippen molar-refractivity contribution in [3.8, 4) is 23.0 Å². The lowest BCUT2D eigenvalue weighted by Crippen LogP contribution is -2.34. The molecule has 0 aromatic heterocycles. The molecule has 0 fully saturated rings. The molecule has 0 unspecified atom stereocenters. The minimum Gasteiger partial charge on any atom is -0.454 e. The Morgan fingerprint density at radius 2 is 1.73 bits per heavy atom. The molecule has 0 aliphatic carbocycles. The van der Waals surface area contributed by atoms with Gasteiger partial charge in [0.1, 0.15) is 11.7 Å². The summed E-state index contributed by atoms with van der Waals surface area (Å²) < 4.78 is 27.7. The molecular formula is C19H15NO6. The number of benzene rings is 2. The number of ether oxygens (including phenoxy) is 5. The molecule has 132 valence electrons. The largest absolute Gasteiger partial charge is 0.454 e. The van der Waals surface area contributed by atoms with Crippen LogP contribution in [-0.4, -0.2) is 26.1 Å². The number of hydrogen-bond donors (Lipinski definition) is 1. The van der Waals surface area contributed by atoms with Gasteiger partial charge in [-0.05, 0) is 42.3 Å². The number of fused-ring (bicyclic) bond motifs is 5. The third-order valence-electron chi connectivity index (χ3n) is 5.35. The van der Waals surface area contributed by atoms with Gasteiger partial charge in [0, 0.05) is 5.56 Å². The second-order valence-electron chi connectivity index (χ2n) is 6.68. The Morgan fingerprint density at radius 1 is 0.923 bits per heavy atom. The van der Waals surface area contributed by atoms with Crippen molar-refractivity contribution < 1.29 is 28.5 Å². The fourth-order valence-electron chi connectivity index (χ4n) is 4.17. The predicted molar refractivity (Wildman–Crippen MR) is 87.7 cm³/mol. The van der Waals surface area contributed by atoms with Crippen molar-refractivity contribution in [2.75, 3.05) is 20.1 Å². The van der Waals surface area contributed by atoms with Gasteiger partial charge in [0.25, 0.3) is 0 Å². The molecule has 2 aromatic carbocycles. The highest BCUT2D eigenvalue weighted by Gasteiger charge is 2.43. The van der Waals surface area contributed by atoms with Gasteiger partial charge in [0.05, 0.1) is 6.04 Å². The molecule has 4 heterocycles. The third-order valence-corrected chi connectivity index (χ3v) is 5.35. The Bertz CT molecular complexity index is 956. The maximum absolute atomic E-state index is 12.5. The Morgan fingerprint density at radius 3 is 2.65 bits per heavy atom. The van der Waals surface area contributed by atoms with Crippen LogP contribution in [0.25, 0.3) is 0 Å². The third kappa shape index (κ3) is 1.83. The van der Waals surface area contributed by atoms with Crippen LogP contribution in [0.5, 0.6) is 23.0 Å². The quantitative estimate of drug-likeness (QED) is 0.788. The zero-order chi connectivity index (χ0) is 17.3. The van der Waals surface area contributed by atoms with Crippen LogP contribution in [0.4, 0.5) is 0 Å². The molecule has 7 nitrogen and oxygen atoms in total. The van der Waals surface area contributed by atoms with Gasteiger partial charge in [-0.2, -0.15) is 0 Å². The molecule has 0 saturated heterocycles. The molecule has 7 heteroatoms. The SMILES string of the molecule is O=C1O[C@H]([C@H]2NCCc3cc4c(cc32)OCO4)c2ccc3c(c21)OCO3. The highest BCUT2D eigenvalue weighted by molar-refractivity contribution is 5.98. The number of rotatable bonds is 1. The van der Waals surface area contributed by atoms with Crippen LogP contribution in [-0.2, 0) is 11.2 Å². The van der Waals surface area contributed by atoms with Crippen LogP contribution in [0.3, 0.4) is 0 Å². The van der Waals surface area contributed by atoms with Gasteiger partial charge < -0.3 is 29.0 Å². The Kier molecular flexibility index (Phi) is 2.77. The molecule has 0 spiro atoms. The molecule has 2 atom stereocenters. The highest BCUT2D eigenvalue weighted by Crippen LogP contribution is 2.49. The Balaban J connectivity index is 1.46. The summed E-state index contributed by atoms with van der Waals surface area (Å²) in [5, 5.41) is 3.49. The van der Waals surface area contributed by atoms with E-state index in [-0.39, 0.29) is 25.6 Å². The van der Waals surface area contributed by atoms with E-state index in [2.05, 4.69) is 5.32 Å². The van der Waals surface area contributed by atoms with Crippen LogP contribution in [0.2, 0.25) is 0 Å². The van der Waals surface area contributed by atoms with Gasteiger partial charge in [0.2, 0.25) is 13.6 Å². The van der Waals surface area contributed by atoms with Gasteiger partial charge in [0.15, 0.2) is 23.0 Å². The summed E-state index contributed by atoms with van der Waals surface area (Å²) in [6, 6.07) is 7.59. The van der Waals surface area contributed by atoms with Gasteiger partial charge in [-0.1, -0.05) is 6.07 Å². The zero-order valence-corrected chi connectivity index (χ0v) is 13.7. The van der Waals surface area contributed by atoms with Crippen LogP contribution in [0, 0.1) is 0 Å². The van der Waals surface area contributed by atoms with Crippen LogP contribution in [0.15, 0.2) is 24.3 Å². The standard InChI is InChI=1S/C19H15NO6/c21-19-15-10(1-2-12-18(15)25-8-22-12)17(26-19)16-11-6-14-13(23-7-24-14)5-9(11)3-4-20-16/h1-2,5-6,16-17,20H,3-4,7-8H2/t16-,17-/m0/s1. The molecule has 0 amide bonds. The maximum Gasteiger partial charge on any atom is 0.343 e. The van der Waals surface area contributed by atoms with Crippen molar-refractivity contribution in [2.24, 2.45) is 0 Å². The van der Waals surface area contributed by atoms with Crippen molar-refractivity contribution in [3.63, 3.8) is 0 Å². The molecule has 4 aliphatic rings. The molecule has 26 heavy (non-hydrogen) atoms. The molecule has 0 saturated carbocycles. The summed E-state index contributed by atoms with van der Waals surface area (Å²) in [5.74, 6) is 2.20. The Labute approximate surface area is 148 Å². The van der Waals surface area contributed by atoms with E-state index in [1.54, 1.807) is 0 Å². The summed E-state index contributed by atoms with van der Waals surface area (Å²) in [4.78, 5) is 12.5. The van der Waals surface area contributed by atoms with Gasteiger partial charge >= 0.3 is 5.97 Å². The second kappa shape index (κ2) is 5.04. The molecule has 0 radical (unpaired) electrons. The summed E-state index contributed by atoms with van der Waals surface area (Å²) in [6.45, 7) is 1.16. The van der Waals surface area contributed by atoms with Gasteiger partial charge in [-0.25, -0.2) is 4.79 Å². The normalized spacial score (nSPS) is 24.2. The van der Waals surface area contributed by atoms with E-state index in [1.807, 2.05) is 24.3 Å². The minimum atomic E-state index is -0.425. The number of carbonyl (C=O) groups is 1. The molecule has 2 aromatic rings. The smallest absolute Gasteiger partial charge is 0.343 e. The fourth-order valence-corrected chi connectivity index (χ4v) is 4.17. The topological polar surface area (TPSA) is 75.3 Å². The van der Waals surface area contributed by atoms with E-state index in [0.29, 0.717) is 17.1 Å². The number of nitrogens with one attached hydrogen (secondary N) is 1. The second-order valence-corrected chi connectivity index (χ2v) is 6.68. The first-order chi connectivity index (χ1) is 12.8. The highest BCUT2D eigenvalue weighted by atomic mass is 16.7. The number of hydrogen-bond acceptors (Lipinski definition) is 7. The minimum absolute atomic E-state index is 0.123. The number of esters is 1. The van der Waals surface area contributed by atoms with Crippen LogP contribution < -0.4 is 24.3 Å². The molecule has 4 aliphatic heterocycles. The average Bonchev–Trinajstić information content (AvgIpc) is 3.37. The van der Waals surface area contributed by atoms with E-state index in [0.717, 1.165) is 35.6 Å². The van der Waals surface area contributed by atoms with Crippen molar-refractivity contribution in [1.82, 2.24) is 5.32 Å². The van der Waals surface area contributed by atoms with E-state index in [9.17, 15) is 4.79 Å². The van der Waals surface area contributed by atoms with Gasteiger partial charge in [-0.3, -0.25) is 0 Å². The lowest BCUT2D eigenvalue weighted by Gasteiger charge is -2.31. The zero-order valence-electron chi connectivity index (χ0n) is 13.7. The van der Waals surface area contributed by atoms with Gasteiger partial charge in [-0.15, -0.1) is 0 Å². The van der Waals surface area contributed by atoms with E-state index in [4.69, 9.17) is 23.7 Å². The van der Waals surface area contributed by atoms with Crippen LogP contribution in [0.1, 0.15) is 39.2 Å². The van der Waals surface area contributed by atoms with Crippen LogP contribution >= 0.6 is 0 Å².